The Morgan fingerprint density at radius 3 is 2.00 bits per heavy atom. The predicted molar refractivity (Wildman–Crippen MR) is 83.2 cm³/mol. The number of esters is 2. The van der Waals surface area contributed by atoms with E-state index in [1.54, 1.807) is 12.1 Å². The average molecular weight is 391 g/mol. The second-order valence-electron chi connectivity index (χ2n) is 4.35. The Morgan fingerprint density at radius 2 is 1.55 bits per heavy atom. The molecule has 6 nitrogen and oxygen atoms in total. The molecule has 0 fully saturated rings. The molecule has 0 heterocycles. The first kappa shape index (κ1) is 18.4. The lowest BCUT2D eigenvalue weighted by molar-refractivity contribution is -0.138. The van der Waals surface area contributed by atoms with E-state index in [1.165, 1.54) is 12.1 Å². The first-order valence-corrected chi connectivity index (χ1v) is 8.52. The van der Waals surface area contributed by atoms with Crippen molar-refractivity contribution in [1.29, 1.82) is 0 Å². The third kappa shape index (κ3) is 4.41. The van der Waals surface area contributed by atoms with Crippen LogP contribution in [0.25, 0.3) is 0 Å². The Morgan fingerprint density at radius 1 is 1.05 bits per heavy atom. The molecule has 0 saturated heterocycles. The standard InChI is InChI=1S/C14H15BrO6S/c1-9-4-6-10(7-5-9)22(18,19)8-11(13(16)20-2)12(15)14(17)21-3/h4-7H,8H2,1-3H3/b12-11+. The number of sulfone groups is 1. The molecule has 0 radical (unpaired) electrons. The lowest BCUT2D eigenvalue weighted by Gasteiger charge is -2.09. The van der Waals surface area contributed by atoms with Crippen molar-refractivity contribution in [3.63, 3.8) is 0 Å². The molecular formula is C14H15BrO6S. The minimum Gasteiger partial charge on any atom is -0.466 e. The van der Waals surface area contributed by atoms with Gasteiger partial charge in [-0.25, -0.2) is 18.0 Å². The molecule has 0 spiro atoms. The molecule has 1 aromatic rings. The number of carbonyl (C=O) groups excluding carboxylic acids is 2. The number of benzene rings is 1. The molecule has 8 heteroatoms. The van der Waals surface area contributed by atoms with Crippen LogP contribution in [0.4, 0.5) is 0 Å². The van der Waals surface area contributed by atoms with Crippen LogP contribution in [0.15, 0.2) is 39.2 Å². The third-order valence-corrected chi connectivity index (χ3v) is 5.24. The number of carbonyl (C=O) groups is 2. The zero-order valence-electron chi connectivity index (χ0n) is 12.3. The van der Waals surface area contributed by atoms with Gasteiger partial charge in [0.15, 0.2) is 9.84 Å². The zero-order chi connectivity index (χ0) is 16.9. The number of methoxy groups -OCH3 is 2. The fourth-order valence-corrected chi connectivity index (χ4v) is 3.58. The van der Waals surface area contributed by atoms with Crippen LogP contribution >= 0.6 is 15.9 Å². The average Bonchev–Trinajstić information content (AvgIpc) is 2.50. The second kappa shape index (κ2) is 7.55. The van der Waals surface area contributed by atoms with Gasteiger partial charge in [-0.2, -0.15) is 0 Å². The minimum absolute atomic E-state index is 0.0460. The first-order valence-electron chi connectivity index (χ1n) is 6.07. The van der Waals surface area contributed by atoms with Gasteiger partial charge in [-0.1, -0.05) is 17.7 Å². The van der Waals surface area contributed by atoms with E-state index in [0.29, 0.717) is 0 Å². The molecule has 0 unspecified atom stereocenters. The van der Waals surface area contributed by atoms with Crippen LogP contribution in [0.3, 0.4) is 0 Å². The summed E-state index contributed by atoms with van der Waals surface area (Å²) in [6, 6.07) is 6.16. The number of rotatable bonds is 5. The smallest absolute Gasteiger partial charge is 0.345 e. The summed E-state index contributed by atoms with van der Waals surface area (Å²) in [6.07, 6.45) is 0. The summed E-state index contributed by atoms with van der Waals surface area (Å²) in [7, 11) is -1.60. The van der Waals surface area contributed by atoms with E-state index >= 15 is 0 Å². The van der Waals surface area contributed by atoms with Gasteiger partial charge >= 0.3 is 11.9 Å². The monoisotopic (exact) mass is 390 g/mol. The van der Waals surface area contributed by atoms with Gasteiger partial charge in [0.25, 0.3) is 0 Å². The fourth-order valence-electron chi connectivity index (χ4n) is 1.57. The Kier molecular flexibility index (Phi) is 6.31. The van der Waals surface area contributed by atoms with E-state index < -0.39 is 27.5 Å². The lowest BCUT2D eigenvalue weighted by atomic mass is 10.2. The zero-order valence-corrected chi connectivity index (χ0v) is 14.7. The molecule has 0 aromatic heterocycles. The molecule has 22 heavy (non-hydrogen) atoms. The predicted octanol–water partition coefficient (Wildman–Crippen LogP) is 1.76. The molecule has 0 N–H and O–H groups in total. The van der Waals surface area contributed by atoms with Crippen molar-refractivity contribution in [1.82, 2.24) is 0 Å². The Balaban J connectivity index is 3.27. The van der Waals surface area contributed by atoms with Gasteiger partial charge in [0.1, 0.15) is 4.48 Å². The van der Waals surface area contributed by atoms with Crippen LogP contribution in [-0.2, 0) is 28.9 Å². The highest BCUT2D eigenvalue weighted by atomic mass is 79.9. The maximum Gasteiger partial charge on any atom is 0.345 e. The fraction of sp³-hybridized carbons (Fsp3) is 0.286. The van der Waals surface area contributed by atoms with E-state index in [1.807, 2.05) is 6.92 Å². The Bertz CT molecular complexity index is 703. The van der Waals surface area contributed by atoms with Crippen LogP contribution < -0.4 is 0 Å². The van der Waals surface area contributed by atoms with Gasteiger partial charge in [-0.05, 0) is 35.0 Å². The van der Waals surface area contributed by atoms with Gasteiger partial charge in [-0.15, -0.1) is 0 Å². The SMILES string of the molecule is COC(=O)/C(Br)=C(/CS(=O)(=O)c1ccc(C)cc1)C(=O)OC. The van der Waals surface area contributed by atoms with Crippen molar-refractivity contribution in [2.24, 2.45) is 0 Å². The van der Waals surface area contributed by atoms with Gasteiger partial charge in [0.2, 0.25) is 0 Å². The highest BCUT2D eigenvalue weighted by Crippen LogP contribution is 2.21. The molecule has 1 rings (SSSR count). The Hall–Kier alpha value is -1.67. The van der Waals surface area contributed by atoms with E-state index in [2.05, 4.69) is 25.4 Å². The van der Waals surface area contributed by atoms with Crippen LogP contribution in [0.1, 0.15) is 5.56 Å². The molecule has 120 valence electrons. The first-order chi connectivity index (χ1) is 10.2. The minimum atomic E-state index is -3.81. The van der Waals surface area contributed by atoms with E-state index in [0.717, 1.165) is 19.8 Å². The summed E-state index contributed by atoms with van der Waals surface area (Å²) >= 11 is 2.89. The van der Waals surface area contributed by atoms with Gasteiger partial charge in [0, 0.05) is 0 Å². The van der Waals surface area contributed by atoms with Gasteiger partial charge in [-0.3, -0.25) is 0 Å². The van der Waals surface area contributed by atoms with Gasteiger partial charge in [0.05, 0.1) is 30.4 Å². The Labute approximate surface area is 137 Å². The van der Waals surface area contributed by atoms with Crippen molar-refractivity contribution in [3.8, 4) is 0 Å². The molecule has 0 aliphatic carbocycles. The quantitative estimate of drug-likeness (QED) is 0.562. The second-order valence-corrected chi connectivity index (χ2v) is 7.13. The van der Waals surface area contributed by atoms with Crippen molar-refractivity contribution >= 4 is 37.7 Å². The molecule has 0 aliphatic rings. The van der Waals surface area contributed by atoms with E-state index in [-0.39, 0.29) is 15.0 Å². The molecule has 0 bridgehead atoms. The summed E-state index contributed by atoms with van der Waals surface area (Å²) in [5, 5.41) is 0. The molecule has 0 saturated carbocycles. The third-order valence-electron chi connectivity index (χ3n) is 2.78. The van der Waals surface area contributed by atoms with Crippen LogP contribution in [0.2, 0.25) is 0 Å². The topological polar surface area (TPSA) is 86.7 Å². The highest BCUT2D eigenvalue weighted by Gasteiger charge is 2.27. The van der Waals surface area contributed by atoms with E-state index in [9.17, 15) is 18.0 Å². The van der Waals surface area contributed by atoms with Crippen molar-refractivity contribution in [2.75, 3.05) is 20.0 Å². The normalized spacial score (nSPS) is 12.4. The summed E-state index contributed by atoms with van der Waals surface area (Å²) in [6.45, 7) is 1.82. The van der Waals surface area contributed by atoms with Crippen molar-refractivity contribution < 1.29 is 27.5 Å². The number of hydrogen-bond donors (Lipinski definition) is 0. The number of ether oxygens (including phenoxy) is 2. The largest absolute Gasteiger partial charge is 0.466 e. The molecule has 0 aliphatic heterocycles. The summed E-state index contributed by atoms with van der Waals surface area (Å²) < 4.78 is 33.5. The molecule has 0 atom stereocenters. The molecule has 0 amide bonds. The van der Waals surface area contributed by atoms with Crippen LogP contribution in [-0.4, -0.2) is 40.3 Å². The van der Waals surface area contributed by atoms with Crippen molar-refractivity contribution in [3.05, 3.63) is 39.9 Å². The molecule has 1 aromatic carbocycles. The highest BCUT2D eigenvalue weighted by molar-refractivity contribution is 9.12. The van der Waals surface area contributed by atoms with Crippen molar-refractivity contribution in [2.45, 2.75) is 11.8 Å². The summed E-state index contributed by atoms with van der Waals surface area (Å²) in [5.74, 6) is -2.47. The van der Waals surface area contributed by atoms with E-state index in [4.69, 9.17) is 0 Å². The lowest BCUT2D eigenvalue weighted by Crippen LogP contribution is -2.20. The number of hydrogen-bond acceptors (Lipinski definition) is 6. The van der Waals surface area contributed by atoms with Crippen LogP contribution in [0, 0.1) is 6.92 Å². The maximum absolute atomic E-state index is 12.4. The number of aryl methyl sites for hydroxylation is 1. The molecular weight excluding hydrogens is 376 g/mol. The van der Waals surface area contributed by atoms with Gasteiger partial charge < -0.3 is 9.47 Å². The maximum atomic E-state index is 12.4. The van der Waals surface area contributed by atoms with Crippen LogP contribution in [0.5, 0.6) is 0 Å². The summed E-state index contributed by atoms with van der Waals surface area (Å²) in [4.78, 5) is 23.3. The number of halogens is 1. The summed E-state index contributed by atoms with van der Waals surface area (Å²) in [5.41, 5.74) is 0.577.